The predicted octanol–water partition coefficient (Wildman–Crippen LogP) is 4.96. The van der Waals surface area contributed by atoms with Crippen LogP contribution in [0, 0.1) is 6.92 Å². The van der Waals surface area contributed by atoms with Gasteiger partial charge in [0.05, 0.1) is 13.0 Å². The molecule has 0 atom stereocenters. The smallest absolute Gasteiger partial charge is 0.387 e. The van der Waals surface area contributed by atoms with E-state index in [1.807, 2.05) is 25.1 Å². The fourth-order valence-electron chi connectivity index (χ4n) is 2.37. The molecule has 0 bridgehead atoms. The van der Waals surface area contributed by atoms with Crippen molar-refractivity contribution in [1.82, 2.24) is 0 Å². The van der Waals surface area contributed by atoms with Crippen LogP contribution in [-0.2, 0) is 11.2 Å². The summed E-state index contributed by atoms with van der Waals surface area (Å²) in [6.07, 6.45) is 2.21. The van der Waals surface area contributed by atoms with Crippen LogP contribution in [0.1, 0.15) is 30.9 Å². The number of hydrogen-bond acceptors (Lipinski definition) is 3. The second kappa shape index (κ2) is 9.75. The highest BCUT2D eigenvalue weighted by atomic mass is 19.3. The van der Waals surface area contributed by atoms with Crippen molar-refractivity contribution in [1.29, 1.82) is 0 Å². The molecule has 0 saturated heterocycles. The van der Waals surface area contributed by atoms with Crippen molar-refractivity contribution >= 4 is 11.6 Å². The second-order valence-electron chi connectivity index (χ2n) is 5.93. The van der Waals surface area contributed by atoms with Crippen molar-refractivity contribution in [2.45, 2.75) is 39.7 Å². The molecule has 0 saturated carbocycles. The summed E-state index contributed by atoms with van der Waals surface area (Å²) in [5.41, 5.74) is 2.34. The fourth-order valence-corrected chi connectivity index (χ4v) is 2.37. The van der Waals surface area contributed by atoms with Gasteiger partial charge in [-0.3, -0.25) is 4.79 Å². The lowest BCUT2D eigenvalue weighted by molar-refractivity contribution is -0.115. The largest absolute Gasteiger partial charge is 0.494 e. The van der Waals surface area contributed by atoms with Crippen molar-refractivity contribution in [3.8, 4) is 11.5 Å². The Balaban J connectivity index is 1.90. The standard InChI is InChI=1S/C20H23F2NO3/c1-3-4-11-25-17-9-10-18(14(2)12-17)23-19(24)13-15-5-7-16(8-6-15)26-20(21)22/h5-10,12,20H,3-4,11,13H2,1-2H3,(H,23,24). The average molecular weight is 363 g/mol. The molecule has 1 amide bonds. The number of benzene rings is 2. The number of hydrogen-bond donors (Lipinski definition) is 1. The number of ether oxygens (including phenoxy) is 2. The zero-order chi connectivity index (χ0) is 18.9. The first-order valence-corrected chi connectivity index (χ1v) is 8.55. The van der Waals surface area contributed by atoms with Crippen molar-refractivity contribution in [2.24, 2.45) is 0 Å². The summed E-state index contributed by atoms with van der Waals surface area (Å²) in [5, 5.41) is 2.85. The number of carbonyl (C=O) groups excluding carboxylic acids is 1. The lowest BCUT2D eigenvalue weighted by Gasteiger charge is -2.11. The predicted molar refractivity (Wildman–Crippen MR) is 97.0 cm³/mol. The summed E-state index contributed by atoms with van der Waals surface area (Å²) in [6, 6.07) is 11.6. The maximum atomic E-state index is 12.2. The van der Waals surface area contributed by atoms with Crippen LogP contribution in [0.4, 0.5) is 14.5 Å². The van der Waals surface area contributed by atoms with E-state index in [1.165, 1.54) is 12.1 Å². The molecule has 0 aromatic heterocycles. The van der Waals surface area contributed by atoms with Crippen LogP contribution < -0.4 is 14.8 Å². The zero-order valence-corrected chi connectivity index (χ0v) is 14.9. The first-order valence-electron chi connectivity index (χ1n) is 8.55. The molecule has 0 unspecified atom stereocenters. The van der Waals surface area contributed by atoms with Crippen molar-refractivity contribution in [3.05, 3.63) is 53.6 Å². The molecule has 0 spiro atoms. The van der Waals surface area contributed by atoms with Gasteiger partial charge in [0, 0.05) is 5.69 Å². The Morgan fingerprint density at radius 3 is 2.42 bits per heavy atom. The van der Waals surface area contributed by atoms with Crippen LogP contribution in [0.2, 0.25) is 0 Å². The number of amides is 1. The van der Waals surface area contributed by atoms with Gasteiger partial charge in [0.15, 0.2) is 0 Å². The number of rotatable bonds is 9. The SMILES string of the molecule is CCCCOc1ccc(NC(=O)Cc2ccc(OC(F)F)cc2)c(C)c1. The minimum atomic E-state index is -2.86. The van der Waals surface area contributed by atoms with Crippen LogP contribution in [0.25, 0.3) is 0 Å². The van der Waals surface area contributed by atoms with Gasteiger partial charge in [0.2, 0.25) is 5.91 Å². The Labute approximate surface area is 152 Å². The van der Waals surface area contributed by atoms with Gasteiger partial charge in [-0.2, -0.15) is 8.78 Å². The Bertz CT molecular complexity index is 717. The molecule has 1 N–H and O–H groups in total. The van der Waals surface area contributed by atoms with Crippen molar-refractivity contribution < 1.29 is 23.0 Å². The van der Waals surface area contributed by atoms with E-state index in [1.54, 1.807) is 12.1 Å². The summed E-state index contributed by atoms with van der Waals surface area (Å²) in [5.74, 6) is 0.664. The number of carbonyl (C=O) groups is 1. The van der Waals surface area contributed by atoms with Crippen molar-refractivity contribution in [3.63, 3.8) is 0 Å². The highest BCUT2D eigenvalue weighted by molar-refractivity contribution is 5.93. The van der Waals surface area contributed by atoms with Crippen LogP contribution in [-0.4, -0.2) is 19.1 Å². The molecule has 0 heterocycles. The van der Waals surface area contributed by atoms with Gasteiger partial charge in [0.1, 0.15) is 11.5 Å². The number of nitrogens with one attached hydrogen (secondary N) is 1. The minimum Gasteiger partial charge on any atom is -0.494 e. The van der Waals surface area contributed by atoms with E-state index in [-0.39, 0.29) is 18.1 Å². The van der Waals surface area contributed by atoms with Gasteiger partial charge in [-0.25, -0.2) is 0 Å². The molecule has 4 nitrogen and oxygen atoms in total. The van der Waals surface area contributed by atoms with E-state index in [4.69, 9.17) is 4.74 Å². The third-order valence-corrected chi connectivity index (χ3v) is 3.75. The molecule has 140 valence electrons. The molecule has 0 aliphatic heterocycles. The maximum Gasteiger partial charge on any atom is 0.387 e. The summed E-state index contributed by atoms with van der Waals surface area (Å²) in [7, 11) is 0. The van der Waals surface area contributed by atoms with Crippen molar-refractivity contribution in [2.75, 3.05) is 11.9 Å². The number of aryl methyl sites for hydroxylation is 1. The molecule has 2 aromatic carbocycles. The Morgan fingerprint density at radius 1 is 1.12 bits per heavy atom. The van der Waals surface area contributed by atoms with Gasteiger partial charge >= 0.3 is 6.61 Å². The second-order valence-corrected chi connectivity index (χ2v) is 5.93. The summed E-state index contributed by atoms with van der Waals surface area (Å²) in [4.78, 5) is 12.2. The van der Waals surface area contributed by atoms with E-state index in [0.29, 0.717) is 12.2 Å². The molecule has 2 aromatic rings. The third kappa shape index (κ3) is 6.35. The quantitative estimate of drug-likeness (QED) is 0.641. The van der Waals surface area contributed by atoms with Crippen LogP contribution in [0.15, 0.2) is 42.5 Å². The number of unbranched alkanes of at least 4 members (excludes halogenated alkanes) is 1. The number of alkyl halides is 2. The molecular weight excluding hydrogens is 340 g/mol. The van der Waals surface area contributed by atoms with Crippen LogP contribution in [0.5, 0.6) is 11.5 Å². The first kappa shape index (κ1) is 19.7. The van der Waals surface area contributed by atoms with Gasteiger partial charge in [-0.05, 0) is 54.8 Å². The molecule has 0 fully saturated rings. The first-order chi connectivity index (χ1) is 12.5. The molecule has 26 heavy (non-hydrogen) atoms. The summed E-state index contributed by atoms with van der Waals surface area (Å²) >= 11 is 0. The maximum absolute atomic E-state index is 12.2. The molecule has 0 aliphatic carbocycles. The number of anilines is 1. The lowest BCUT2D eigenvalue weighted by atomic mass is 10.1. The monoisotopic (exact) mass is 363 g/mol. The van der Waals surface area contributed by atoms with E-state index < -0.39 is 6.61 Å². The van der Waals surface area contributed by atoms with E-state index in [9.17, 15) is 13.6 Å². The minimum absolute atomic E-state index is 0.0682. The highest BCUT2D eigenvalue weighted by Gasteiger charge is 2.09. The lowest BCUT2D eigenvalue weighted by Crippen LogP contribution is -2.15. The Kier molecular flexibility index (Phi) is 7.38. The van der Waals surface area contributed by atoms with Crippen LogP contribution in [0.3, 0.4) is 0 Å². The Morgan fingerprint density at radius 2 is 1.81 bits per heavy atom. The highest BCUT2D eigenvalue weighted by Crippen LogP contribution is 2.22. The molecule has 0 radical (unpaired) electrons. The molecule has 0 aliphatic rings. The summed E-state index contributed by atoms with van der Waals surface area (Å²) in [6.45, 7) is 1.82. The average Bonchev–Trinajstić information content (AvgIpc) is 2.59. The number of halogens is 2. The zero-order valence-electron chi connectivity index (χ0n) is 14.9. The van der Waals surface area contributed by atoms with Gasteiger partial charge < -0.3 is 14.8 Å². The Hall–Kier alpha value is -2.63. The molecular formula is C20H23F2NO3. The van der Waals surface area contributed by atoms with Gasteiger partial charge in [-0.15, -0.1) is 0 Å². The van der Waals surface area contributed by atoms with Gasteiger partial charge in [-0.1, -0.05) is 25.5 Å². The van der Waals surface area contributed by atoms with E-state index >= 15 is 0 Å². The molecule has 6 heteroatoms. The normalized spacial score (nSPS) is 10.7. The van der Waals surface area contributed by atoms with Gasteiger partial charge in [0.25, 0.3) is 0 Å². The van der Waals surface area contributed by atoms with E-state index in [2.05, 4.69) is 17.0 Å². The van der Waals surface area contributed by atoms with Crippen LogP contribution >= 0.6 is 0 Å². The topological polar surface area (TPSA) is 47.6 Å². The van der Waals surface area contributed by atoms with E-state index in [0.717, 1.165) is 29.8 Å². The summed E-state index contributed by atoms with van der Waals surface area (Å²) < 4.78 is 34.2. The third-order valence-electron chi connectivity index (χ3n) is 3.75. The molecule has 2 rings (SSSR count). The fraction of sp³-hybridized carbons (Fsp3) is 0.350.